The number of aryl methyl sites for hydroxylation is 1. The predicted molar refractivity (Wildman–Crippen MR) is 53.2 cm³/mol. The zero-order valence-electron chi connectivity index (χ0n) is 8.04. The number of hydrogen-bond donors (Lipinski definition) is 1. The van der Waals surface area contributed by atoms with Crippen molar-refractivity contribution in [2.45, 2.75) is 26.2 Å². The molecule has 0 aromatic carbocycles. The molecule has 2 rings (SSSR count). The van der Waals surface area contributed by atoms with E-state index in [-0.39, 0.29) is 5.69 Å². The highest BCUT2D eigenvalue weighted by molar-refractivity contribution is 5.73. The van der Waals surface area contributed by atoms with Gasteiger partial charge in [-0.1, -0.05) is 13.3 Å². The third-order valence-corrected chi connectivity index (χ3v) is 2.18. The van der Waals surface area contributed by atoms with Crippen molar-refractivity contribution < 1.29 is 4.42 Å². The molecule has 4 heteroatoms. The lowest BCUT2D eigenvalue weighted by Gasteiger charge is -1.99. The standard InChI is InChI=1S/C10H12N2O2/c1-2-3-4-7-9-8(5-6-14-9)12-10(13)11-7/h5-6H,2-4H2,1H3,(H,11,12,13). The zero-order valence-corrected chi connectivity index (χ0v) is 8.04. The molecule has 0 amide bonds. The molecule has 0 unspecified atom stereocenters. The van der Waals surface area contributed by atoms with Gasteiger partial charge < -0.3 is 9.40 Å². The minimum absolute atomic E-state index is 0.301. The number of unbranched alkanes of at least 4 members (excludes halogenated alkanes) is 1. The maximum Gasteiger partial charge on any atom is 0.345 e. The van der Waals surface area contributed by atoms with Crippen molar-refractivity contribution in [2.75, 3.05) is 0 Å². The van der Waals surface area contributed by atoms with Crippen molar-refractivity contribution in [2.24, 2.45) is 0 Å². The Kier molecular flexibility index (Phi) is 2.35. The molecule has 0 fully saturated rings. The number of aromatic nitrogens is 2. The van der Waals surface area contributed by atoms with Gasteiger partial charge in [0.1, 0.15) is 5.52 Å². The fourth-order valence-electron chi connectivity index (χ4n) is 1.47. The summed E-state index contributed by atoms with van der Waals surface area (Å²) in [6, 6.07) is 1.71. The van der Waals surface area contributed by atoms with Crippen LogP contribution in [0.1, 0.15) is 25.5 Å². The van der Waals surface area contributed by atoms with Gasteiger partial charge in [0, 0.05) is 6.07 Å². The quantitative estimate of drug-likeness (QED) is 0.807. The van der Waals surface area contributed by atoms with Gasteiger partial charge in [0.15, 0.2) is 5.58 Å². The first-order chi connectivity index (χ1) is 6.81. The van der Waals surface area contributed by atoms with Crippen LogP contribution in [0.4, 0.5) is 0 Å². The summed E-state index contributed by atoms with van der Waals surface area (Å²) in [5.74, 6) is 0. The van der Waals surface area contributed by atoms with Crippen molar-refractivity contribution in [1.29, 1.82) is 0 Å². The minimum Gasteiger partial charge on any atom is -0.461 e. The van der Waals surface area contributed by atoms with Crippen molar-refractivity contribution in [3.8, 4) is 0 Å². The number of furan rings is 1. The molecule has 0 radical (unpaired) electrons. The molecular weight excluding hydrogens is 180 g/mol. The molecule has 1 N–H and O–H groups in total. The van der Waals surface area contributed by atoms with Crippen LogP contribution in [0.15, 0.2) is 21.5 Å². The van der Waals surface area contributed by atoms with Crippen molar-refractivity contribution >= 4 is 11.1 Å². The van der Waals surface area contributed by atoms with Crippen LogP contribution in [0.2, 0.25) is 0 Å². The molecule has 74 valence electrons. The van der Waals surface area contributed by atoms with E-state index in [0.29, 0.717) is 11.1 Å². The molecule has 0 spiro atoms. The summed E-state index contributed by atoms with van der Waals surface area (Å²) >= 11 is 0. The number of nitrogens with zero attached hydrogens (tertiary/aromatic N) is 1. The Bertz CT molecular complexity index is 484. The summed E-state index contributed by atoms with van der Waals surface area (Å²) in [7, 11) is 0. The van der Waals surface area contributed by atoms with Crippen molar-refractivity contribution in [3.05, 3.63) is 28.5 Å². The van der Waals surface area contributed by atoms with E-state index in [9.17, 15) is 4.79 Å². The van der Waals surface area contributed by atoms with Gasteiger partial charge in [-0.15, -0.1) is 0 Å². The molecule has 2 aromatic rings. The fourth-order valence-corrected chi connectivity index (χ4v) is 1.47. The van der Waals surface area contributed by atoms with Gasteiger partial charge >= 0.3 is 5.69 Å². The van der Waals surface area contributed by atoms with Crippen LogP contribution < -0.4 is 5.69 Å². The van der Waals surface area contributed by atoms with E-state index >= 15 is 0 Å². The lowest BCUT2D eigenvalue weighted by atomic mass is 10.2. The fraction of sp³-hybridized carbons (Fsp3) is 0.400. The highest BCUT2D eigenvalue weighted by atomic mass is 16.3. The topological polar surface area (TPSA) is 58.9 Å². The number of hydrogen-bond acceptors (Lipinski definition) is 3. The summed E-state index contributed by atoms with van der Waals surface area (Å²) < 4.78 is 5.27. The number of rotatable bonds is 3. The second-order valence-electron chi connectivity index (χ2n) is 3.26. The smallest absolute Gasteiger partial charge is 0.345 e. The van der Waals surface area contributed by atoms with Gasteiger partial charge in [-0.25, -0.2) is 4.79 Å². The molecule has 2 aromatic heterocycles. The van der Waals surface area contributed by atoms with Gasteiger partial charge in [-0.2, -0.15) is 4.98 Å². The maximum atomic E-state index is 11.2. The van der Waals surface area contributed by atoms with E-state index in [1.807, 2.05) is 0 Å². The Morgan fingerprint density at radius 2 is 2.43 bits per heavy atom. The summed E-state index contributed by atoms with van der Waals surface area (Å²) in [5, 5.41) is 0. The van der Waals surface area contributed by atoms with E-state index in [0.717, 1.165) is 25.0 Å². The first-order valence-corrected chi connectivity index (χ1v) is 4.77. The van der Waals surface area contributed by atoms with Crippen LogP contribution in [-0.2, 0) is 6.42 Å². The van der Waals surface area contributed by atoms with Crippen LogP contribution in [0, 0.1) is 0 Å². The van der Waals surface area contributed by atoms with Gasteiger partial charge in [0.25, 0.3) is 0 Å². The van der Waals surface area contributed by atoms with Crippen LogP contribution >= 0.6 is 0 Å². The lowest BCUT2D eigenvalue weighted by Crippen LogP contribution is -2.12. The van der Waals surface area contributed by atoms with Gasteiger partial charge in [-0.05, 0) is 12.8 Å². The first kappa shape index (κ1) is 8.99. The normalized spacial score (nSPS) is 10.9. The van der Waals surface area contributed by atoms with Gasteiger partial charge in [0.2, 0.25) is 0 Å². The molecule has 0 saturated carbocycles. The molecule has 0 aliphatic heterocycles. The third kappa shape index (κ3) is 1.55. The number of aromatic amines is 1. The Hall–Kier alpha value is -1.58. The summed E-state index contributed by atoms with van der Waals surface area (Å²) in [4.78, 5) is 17.7. The second kappa shape index (κ2) is 3.65. The average molecular weight is 192 g/mol. The van der Waals surface area contributed by atoms with Crippen molar-refractivity contribution in [3.63, 3.8) is 0 Å². The predicted octanol–water partition coefficient (Wildman–Crippen LogP) is 1.86. The molecule has 0 aliphatic rings. The summed E-state index contributed by atoms with van der Waals surface area (Å²) in [6.07, 6.45) is 4.51. The van der Waals surface area contributed by atoms with E-state index in [1.54, 1.807) is 12.3 Å². The highest BCUT2D eigenvalue weighted by Gasteiger charge is 2.06. The van der Waals surface area contributed by atoms with Crippen molar-refractivity contribution in [1.82, 2.24) is 9.97 Å². The molecule has 0 aliphatic carbocycles. The summed E-state index contributed by atoms with van der Waals surface area (Å²) in [6.45, 7) is 2.11. The van der Waals surface area contributed by atoms with Crippen LogP contribution in [0.25, 0.3) is 11.1 Å². The van der Waals surface area contributed by atoms with Gasteiger partial charge in [0.05, 0.1) is 12.0 Å². The monoisotopic (exact) mass is 192 g/mol. The molecule has 0 saturated heterocycles. The number of fused-ring (bicyclic) bond motifs is 1. The van der Waals surface area contributed by atoms with E-state index in [1.165, 1.54) is 0 Å². The van der Waals surface area contributed by atoms with E-state index in [4.69, 9.17) is 4.42 Å². The first-order valence-electron chi connectivity index (χ1n) is 4.77. The second-order valence-corrected chi connectivity index (χ2v) is 3.26. The summed E-state index contributed by atoms with van der Waals surface area (Å²) in [5.41, 5.74) is 1.90. The minimum atomic E-state index is -0.301. The maximum absolute atomic E-state index is 11.2. The molecule has 0 bridgehead atoms. The van der Waals surface area contributed by atoms with E-state index in [2.05, 4.69) is 16.9 Å². The molecule has 14 heavy (non-hydrogen) atoms. The molecule has 0 atom stereocenters. The molecule has 2 heterocycles. The lowest BCUT2D eigenvalue weighted by molar-refractivity contribution is 0.603. The SMILES string of the molecule is CCCCc1[nH]c(=O)nc2ccoc12. The largest absolute Gasteiger partial charge is 0.461 e. The highest BCUT2D eigenvalue weighted by Crippen LogP contribution is 2.15. The van der Waals surface area contributed by atoms with E-state index < -0.39 is 0 Å². The molecular formula is C10H12N2O2. The Morgan fingerprint density at radius 1 is 1.57 bits per heavy atom. The molecule has 4 nitrogen and oxygen atoms in total. The Balaban J connectivity index is 2.50. The number of H-pyrrole nitrogens is 1. The third-order valence-electron chi connectivity index (χ3n) is 2.18. The van der Waals surface area contributed by atoms with Crippen LogP contribution in [-0.4, -0.2) is 9.97 Å². The Morgan fingerprint density at radius 3 is 3.21 bits per heavy atom. The van der Waals surface area contributed by atoms with Crippen LogP contribution in [0.5, 0.6) is 0 Å². The zero-order chi connectivity index (χ0) is 9.97. The van der Waals surface area contributed by atoms with Gasteiger partial charge in [-0.3, -0.25) is 0 Å². The number of nitrogens with one attached hydrogen (secondary N) is 1. The van der Waals surface area contributed by atoms with Crippen LogP contribution in [0.3, 0.4) is 0 Å². The average Bonchev–Trinajstić information content (AvgIpc) is 2.61. The Labute approximate surface area is 81.0 Å².